The molecule has 3 N–H and O–H groups in total. The lowest BCUT2D eigenvalue weighted by Crippen LogP contribution is -2.28. The molecule has 2 heterocycles. The van der Waals surface area contributed by atoms with Crippen LogP contribution in [0.3, 0.4) is 0 Å². The Morgan fingerprint density at radius 2 is 2.39 bits per heavy atom. The number of anilines is 1. The zero-order valence-corrected chi connectivity index (χ0v) is 10.3. The fourth-order valence-electron chi connectivity index (χ4n) is 2.08. The van der Waals surface area contributed by atoms with Gasteiger partial charge in [0.1, 0.15) is 18.1 Å². The van der Waals surface area contributed by atoms with Gasteiger partial charge in [-0.1, -0.05) is 0 Å². The van der Waals surface area contributed by atoms with Crippen molar-refractivity contribution in [1.29, 1.82) is 0 Å². The predicted octanol–water partition coefficient (Wildman–Crippen LogP) is -0.766. The molecule has 2 rings (SSSR count). The molecule has 18 heavy (non-hydrogen) atoms. The third kappa shape index (κ3) is 2.24. The third-order valence-electron chi connectivity index (χ3n) is 3.07. The van der Waals surface area contributed by atoms with Crippen molar-refractivity contribution in [3.63, 3.8) is 0 Å². The van der Waals surface area contributed by atoms with E-state index in [1.807, 2.05) is 6.92 Å². The maximum atomic E-state index is 11.8. The highest BCUT2D eigenvalue weighted by Crippen LogP contribution is 2.27. The van der Waals surface area contributed by atoms with E-state index >= 15 is 0 Å². The van der Waals surface area contributed by atoms with Gasteiger partial charge in [0, 0.05) is 25.2 Å². The summed E-state index contributed by atoms with van der Waals surface area (Å²) in [5, 5.41) is 21.5. The van der Waals surface area contributed by atoms with Crippen LogP contribution in [-0.4, -0.2) is 45.6 Å². The van der Waals surface area contributed by atoms with E-state index in [1.165, 1.54) is 4.57 Å². The van der Waals surface area contributed by atoms with Gasteiger partial charge in [0.15, 0.2) is 0 Å². The number of nitrogens with zero attached hydrogens (tertiary/aromatic N) is 2. The Kier molecular flexibility index (Phi) is 3.65. The number of ether oxygens (including phenoxy) is 1. The van der Waals surface area contributed by atoms with Crippen LogP contribution in [0.25, 0.3) is 0 Å². The lowest BCUT2D eigenvalue weighted by Gasteiger charge is -2.15. The molecule has 100 valence electrons. The number of hydrogen-bond acceptors (Lipinski definition) is 6. The minimum Gasteiger partial charge on any atom is -0.394 e. The molecule has 1 aromatic rings. The van der Waals surface area contributed by atoms with Crippen molar-refractivity contribution in [2.45, 2.75) is 31.8 Å². The number of hydrogen-bond donors (Lipinski definition) is 3. The Morgan fingerprint density at radius 1 is 1.67 bits per heavy atom. The normalized spacial score (nSPS) is 27.4. The maximum Gasteiger partial charge on any atom is 0.351 e. The Balaban J connectivity index is 2.30. The maximum absolute atomic E-state index is 11.8. The molecule has 3 atom stereocenters. The Bertz CT molecular complexity index is 488. The van der Waals surface area contributed by atoms with Gasteiger partial charge >= 0.3 is 5.69 Å². The number of aliphatic hydroxyl groups excluding tert-OH is 2. The summed E-state index contributed by atoms with van der Waals surface area (Å²) in [6, 6.07) is 0. The predicted molar refractivity (Wildman–Crippen MR) is 64.4 cm³/mol. The lowest BCUT2D eigenvalue weighted by atomic mass is 10.2. The average Bonchev–Trinajstić information content (AvgIpc) is 2.72. The summed E-state index contributed by atoms with van der Waals surface area (Å²) < 4.78 is 6.76. The van der Waals surface area contributed by atoms with Gasteiger partial charge < -0.3 is 20.3 Å². The van der Waals surface area contributed by atoms with Crippen LogP contribution >= 0.6 is 0 Å². The van der Waals surface area contributed by atoms with E-state index < -0.39 is 24.1 Å². The average molecular weight is 255 g/mol. The second-order valence-corrected chi connectivity index (χ2v) is 4.33. The summed E-state index contributed by atoms with van der Waals surface area (Å²) in [6.45, 7) is 1.55. The molecule has 0 aliphatic carbocycles. The van der Waals surface area contributed by atoms with E-state index in [-0.39, 0.29) is 13.0 Å². The third-order valence-corrected chi connectivity index (χ3v) is 3.07. The van der Waals surface area contributed by atoms with Crippen molar-refractivity contribution in [3.8, 4) is 0 Å². The van der Waals surface area contributed by atoms with Crippen molar-refractivity contribution in [3.05, 3.63) is 22.2 Å². The van der Waals surface area contributed by atoms with E-state index in [9.17, 15) is 9.90 Å². The monoisotopic (exact) mass is 255 g/mol. The zero-order chi connectivity index (χ0) is 13.3. The highest BCUT2D eigenvalue weighted by atomic mass is 16.5. The molecule has 1 saturated heterocycles. The van der Waals surface area contributed by atoms with Gasteiger partial charge in [0.2, 0.25) is 0 Å². The van der Waals surface area contributed by atoms with Gasteiger partial charge in [0.05, 0.1) is 12.7 Å². The van der Waals surface area contributed by atoms with Gasteiger partial charge in [-0.25, -0.2) is 4.79 Å². The first kappa shape index (κ1) is 13.0. The highest BCUT2D eigenvalue weighted by molar-refractivity contribution is 5.40. The second kappa shape index (κ2) is 5.05. The molecule has 0 aromatic carbocycles. The van der Waals surface area contributed by atoms with Crippen LogP contribution in [-0.2, 0) is 4.74 Å². The van der Waals surface area contributed by atoms with E-state index in [4.69, 9.17) is 9.84 Å². The van der Waals surface area contributed by atoms with Crippen LogP contribution < -0.4 is 11.0 Å². The lowest BCUT2D eigenvalue weighted by molar-refractivity contribution is -0.0459. The summed E-state index contributed by atoms with van der Waals surface area (Å²) in [4.78, 5) is 15.7. The Morgan fingerprint density at radius 3 is 2.94 bits per heavy atom. The topological polar surface area (TPSA) is 96.6 Å². The molecular formula is C11H17N3O4. The molecule has 0 radical (unpaired) electrons. The van der Waals surface area contributed by atoms with Gasteiger partial charge in [-0.15, -0.1) is 0 Å². The smallest absolute Gasteiger partial charge is 0.351 e. The van der Waals surface area contributed by atoms with Crippen LogP contribution in [0.5, 0.6) is 0 Å². The molecule has 7 heteroatoms. The number of aliphatic hydroxyl groups is 2. The molecule has 0 spiro atoms. The second-order valence-electron chi connectivity index (χ2n) is 4.33. The standard InChI is InChI=1S/C11H17N3O4/c1-6-4-14(11(17)13-10(6)12-2)9-3-7(16)8(5-15)18-9/h4,7-9,15-16H,3,5H2,1-2H3,(H,12,13,17)/t7-,8+,9-/m0/s1. The van der Waals surface area contributed by atoms with E-state index in [1.54, 1.807) is 13.2 Å². The SMILES string of the molecule is CNc1nc(=O)n([C@@H]2C[C@H](O)[C@@H](CO)O2)cc1C. The largest absolute Gasteiger partial charge is 0.394 e. The molecular weight excluding hydrogens is 238 g/mol. The summed E-state index contributed by atoms with van der Waals surface area (Å²) in [5.74, 6) is 0.522. The van der Waals surface area contributed by atoms with E-state index in [0.29, 0.717) is 5.82 Å². The molecule has 1 aromatic heterocycles. The molecule has 7 nitrogen and oxygen atoms in total. The first-order chi connectivity index (χ1) is 8.56. The molecule has 1 aliphatic heterocycles. The van der Waals surface area contributed by atoms with Crippen LogP contribution in [0.1, 0.15) is 18.2 Å². The number of aromatic nitrogens is 2. The van der Waals surface area contributed by atoms with Gasteiger partial charge in [-0.3, -0.25) is 4.57 Å². The van der Waals surface area contributed by atoms with Crippen LogP contribution in [0.2, 0.25) is 0 Å². The van der Waals surface area contributed by atoms with E-state index in [0.717, 1.165) is 5.56 Å². The minimum absolute atomic E-state index is 0.269. The van der Waals surface area contributed by atoms with Crippen LogP contribution in [0.15, 0.2) is 11.0 Å². The first-order valence-electron chi connectivity index (χ1n) is 5.78. The summed E-state index contributed by atoms with van der Waals surface area (Å²) in [7, 11) is 1.69. The van der Waals surface area contributed by atoms with Crippen molar-refractivity contribution in [1.82, 2.24) is 9.55 Å². The quantitative estimate of drug-likeness (QED) is 0.656. The van der Waals surface area contributed by atoms with Crippen molar-refractivity contribution < 1.29 is 14.9 Å². The van der Waals surface area contributed by atoms with Crippen molar-refractivity contribution in [2.24, 2.45) is 0 Å². The van der Waals surface area contributed by atoms with Crippen molar-refractivity contribution in [2.75, 3.05) is 19.0 Å². The molecule has 1 fully saturated rings. The number of rotatable bonds is 3. The van der Waals surface area contributed by atoms with Crippen LogP contribution in [0.4, 0.5) is 5.82 Å². The Hall–Kier alpha value is -1.44. The van der Waals surface area contributed by atoms with Gasteiger partial charge in [-0.05, 0) is 6.92 Å². The van der Waals surface area contributed by atoms with Gasteiger partial charge in [0.25, 0.3) is 0 Å². The molecule has 1 aliphatic rings. The minimum atomic E-state index is -0.767. The summed E-state index contributed by atoms with van der Waals surface area (Å²) in [6.07, 6.45) is -0.0900. The summed E-state index contributed by atoms with van der Waals surface area (Å²) in [5.41, 5.74) is 0.364. The number of aryl methyl sites for hydroxylation is 1. The fraction of sp³-hybridized carbons (Fsp3) is 0.636. The van der Waals surface area contributed by atoms with Gasteiger partial charge in [-0.2, -0.15) is 4.98 Å². The molecule has 0 amide bonds. The zero-order valence-electron chi connectivity index (χ0n) is 10.3. The van der Waals surface area contributed by atoms with Crippen molar-refractivity contribution >= 4 is 5.82 Å². The van der Waals surface area contributed by atoms with E-state index in [2.05, 4.69) is 10.3 Å². The fourth-order valence-corrected chi connectivity index (χ4v) is 2.08. The molecule has 0 unspecified atom stereocenters. The molecule has 0 saturated carbocycles. The Labute approximate surface area is 104 Å². The van der Waals surface area contributed by atoms with Crippen LogP contribution in [0, 0.1) is 6.92 Å². The highest BCUT2D eigenvalue weighted by Gasteiger charge is 2.35. The first-order valence-corrected chi connectivity index (χ1v) is 5.78. The summed E-state index contributed by atoms with van der Waals surface area (Å²) >= 11 is 0. The number of nitrogens with one attached hydrogen (secondary N) is 1. The molecule has 0 bridgehead atoms.